The first-order valence-corrected chi connectivity index (χ1v) is 7.35. The van der Waals surface area contributed by atoms with E-state index in [-0.39, 0.29) is 24.5 Å². The first-order chi connectivity index (χ1) is 11.7. The van der Waals surface area contributed by atoms with Gasteiger partial charge in [-0.1, -0.05) is 12.1 Å². The van der Waals surface area contributed by atoms with Crippen molar-refractivity contribution in [2.24, 2.45) is 0 Å². The molecule has 0 bridgehead atoms. The molecule has 0 saturated heterocycles. The van der Waals surface area contributed by atoms with Crippen LogP contribution in [0.2, 0.25) is 0 Å². The number of hydrogen-bond acceptors (Lipinski definition) is 4. The van der Waals surface area contributed by atoms with Crippen molar-refractivity contribution < 1.29 is 32.2 Å². The topological polar surface area (TPSA) is 76.7 Å². The second-order valence-electron chi connectivity index (χ2n) is 5.32. The maximum absolute atomic E-state index is 12.7. The number of benzene rings is 1. The molecule has 2 amide bonds. The number of amides is 2. The van der Waals surface area contributed by atoms with E-state index in [0.29, 0.717) is 5.56 Å². The van der Waals surface area contributed by atoms with Gasteiger partial charge < -0.3 is 20.1 Å². The summed E-state index contributed by atoms with van der Waals surface area (Å²) in [5, 5.41) is 4.97. The van der Waals surface area contributed by atoms with Gasteiger partial charge in [-0.25, -0.2) is 9.59 Å². The smallest absolute Gasteiger partial charge is 0.416 e. The summed E-state index contributed by atoms with van der Waals surface area (Å²) in [7, 11) is 1.45. The van der Waals surface area contributed by atoms with Gasteiger partial charge in [-0.2, -0.15) is 13.2 Å². The molecule has 2 N–H and O–H groups in total. The van der Waals surface area contributed by atoms with E-state index in [1.54, 1.807) is 0 Å². The summed E-state index contributed by atoms with van der Waals surface area (Å²) >= 11 is 0. The number of carbonyl (C=O) groups excluding carboxylic acids is 2. The lowest BCUT2D eigenvalue weighted by molar-refractivity contribution is -0.141. The van der Waals surface area contributed by atoms with Gasteiger partial charge >= 0.3 is 18.2 Å². The van der Waals surface area contributed by atoms with Gasteiger partial charge in [0.25, 0.3) is 0 Å². The van der Waals surface area contributed by atoms with Gasteiger partial charge in [-0.05, 0) is 24.6 Å². The standard InChI is InChI=1S/C16H17F3N2O4/c1-9-12(14(22)25-8-7-24-2)13(21-15(23)20-9)10-3-5-11(6-4-10)16(17,18)19/h3-6,13H,7-8H2,1-2H3,(H2,20,21,23)/t13-/m1/s1. The van der Waals surface area contributed by atoms with Gasteiger partial charge in [-0.15, -0.1) is 0 Å². The van der Waals surface area contributed by atoms with Crippen LogP contribution in [0.25, 0.3) is 0 Å². The second-order valence-corrected chi connectivity index (χ2v) is 5.32. The maximum atomic E-state index is 12.7. The molecule has 25 heavy (non-hydrogen) atoms. The third-order valence-electron chi connectivity index (χ3n) is 3.58. The molecule has 0 aromatic heterocycles. The molecule has 1 aromatic rings. The van der Waals surface area contributed by atoms with Gasteiger partial charge in [-0.3, -0.25) is 0 Å². The molecule has 136 valence electrons. The van der Waals surface area contributed by atoms with Gasteiger partial charge in [0.05, 0.1) is 23.8 Å². The van der Waals surface area contributed by atoms with Crippen LogP contribution in [0.4, 0.5) is 18.0 Å². The Labute approximate surface area is 142 Å². The van der Waals surface area contributed by atoms with Crippen molar-refractivity contribution in [2.45, 2.75) is 19.1 Å². The van der Waals surface area contributed by atoms with E-state index in [4.69, 9.17) is 9.47 Å². The van der Waals surface area contributed by atoms with Gasteiger partial charge in [0.1, 0.15) is 6.61 Å². The number of nitrogens with one attached hydrogen (secondary N) is 2. The fraction of sp³-hybridized carbons (Fsp3) is 0.375. The number of alkyl halides is 3. The Kier molecular flexibility index (Phi) is 5.68. The van der Waals surface area contributed by atoms with E-state index < -0.39 is 29.8 Å². The van der Waals surface area contributed by atoms with Gasteiger partial charge in [0, 0.05) is 12.8 Å². The lowest BCUT2D eigenvalue weighted by atomic mass is 9.95. The zero-order valence-corrected chi connectivity index (χ0v) is 13.6. The number of hydrogen-bond donors (Lipinski definition) is 2. The summed E-state index contributed by atoms with van der Waals surface area (Å²) in [5.41, 5.74) is -0.0890. The Morgan fingerprint density at radius 1 is 1.20 bits per heavy atom. The third kappa shape index (κ3) is 4.50. The van der Waals surface area contributed by atoms with Crippen molar-refractivity contribution in [3.8, 4) is 0 Å². The lowest BCUT2D eigenvalue weighted by Gasteiger charge is -2.28. The summed E-state index contributed by atoms with van der Waals surface area (Å²) in [4.78, 5) is 24.0. The minimum atomic E-state index is -4.47. The number of halogens is 3. The molecule has 1 atom stereocenters. The van der Waals surface area contributed by atoms with E-state index in [0.717, 1.165) is 12.1 Å². The van der Waals surface area contributed by atoms with Crippen LogP contribution in [0.3, 0.4) is 0 Å². The molecule has 0 unspecified atom stereocenters. The van der Waals surface area contributed by atoms with Gasteiger partial charge in [0.2, 0.25) is 0 Å². The first-order valence-electron chi connectivity index (χ1n) is 7.35. The average Bonchev–Trinajstić information content (AvgIpc) is 2.53. The van der Waals surface area contributed by atoms with Crippen LogP contribution >= 0.6 is 0 Å². The highest BCUT2D eigenvalue weighted by atomic mass is 19.4. The van der Waals surface area contributed by atoms with Gasteiger partial charge in [0.15, 0.2) is 0 Å². The molecule has 1 heterocycles. The number of allylic oxidation sites excluding steroid dienone is 1. The predicted molar refractivity (Wildman–Crippen MR) is 81.4 cm³/mol. The third-order valence-corrected chi connectivity index (χ3v) is 3.58. The van der Waals surface area contributed by atoms with Crippen molar-refractivity contribution in [2.75, 3.05) is 20.3 Å². The molecule has 6 nitrogen and oxygen atoms in total. The zero-order valence-electron chi connectivity index (χ0n) is 13.6. The Hall–Kier alpha value is -2.55. The van der Waals surface area contributed by atoms with Crippen LogP contribution in [-0.2, 0) is 20.4 Å². The number of carbonyl (C=O) groups is 2. The van der Waals surface area contributed by atoms with Crippen LogP contribution in [0, 0.1) is 0 Å². The molecular weight excluding hydrogens is 341 g/mol. The highest BCUT2D eigenvalue weighted by molar-refractivity contribution is 5.95. The fourth-order valence-electron chi connectivity index (χ4n) is 2.37. The zero-order chi connectivity index (χ0) is 18.6. The summed E-state index contributed by atoms with van der Waals surface area (Å²) in [6.07, 6.45) is -4.47. The molecule has 0 fully saturated rings. The van der Waals surface area contributed by atoms with E-state index in [1.165, 1.54) is 26.2 Å². The molecule has 1 aromatic carbocycles. The molecule has 0 aliphatic carbocycles. The largest absolute Gasteiger partial charge is 0.460 e. The molecule has 9 heteroatoms. The Bertz CT molecular complexity index is 684. The van der Waals surface area contributed by atoms with Crippen molar-refractivity contribution in [3.63, 3.8) is 0 Å². The Balaban J connectivity index is 2.30. The molecule has 1 aliphatic heterocycles. The highest BCUT2D eigenvalue weighted by Crippen LogP contribution is 2.32. The predicted octanol–water partition coefficient (Wildman–Crippen LogP) is 2.52. The summed E-state index contributed by atoms with van der Waals surface area (Å²) in [6.45, 7) is 1.73. The molecule has 0 saturated carbocycles. The quantitative estimate of drug-likeness (QED) is 0.626. The van der Waals surface area contributed by atoms with Crippen molar-refractivity contribution in [1.82, 2.24) is 10.6 Å². The van der Waals surface area contributed by atoms with Crippen LogP contribution in [0.15, 0.2) is 35.5 Å². The van der Waals surface area contributed by atoms with Crippen LogP contribution < -0.4 is 10.6 Å². The molecule has 2 rings (SSSR count). The summed E-state index contributed by atoms with van der Waals surface area (Å²) in [5.74, 6) is -0.688. The van der Waals surface area contributed by atoms with Crippen molar-refractivity contribution in [3.05, 3.63) is 46.7 Å². The number of rotatable bonds is 5. The van der Waals surface area contributed by atoms with Crippen LogP contribution in [-0.4, -0.2) is 32.3 Å². The van der Waals surface area contributed by atoms with E-state index in [1.807, 2.05) is 0 Å². The molecule has 0 radical (unpaired) electrons. The number of urea groups is 1. The van der Waals surface area contributed by atoms with Crippen molar-refractivity contribution >= 4 is 12.0 Å². The monoisotopic (exact) mass is 358 g/mol. The Morgan fingerprint density at radius 2 is 1.84 bits per heavy atom. The molecular formula is C16H17F3N2O4. The van der Waals surface area contributed by atoms with E-state index in [2.05, 4.69) is 10.6 Å². The second kappa shape index (κ2) is 7.56. The molecule has 0 spiro atoms. The fourth-order valence-corrected chi connectivity index (χ4v) is 2.37. The normalized spacial score (nSPS) is 17.8. The maximum Gasteiger partial charge on any atom is 0.416 e. The highest BCUT2D eigenvalue weighted by Gasteiger charge is 2.34. The molecule has 1 aliphatic rings. The number of methoxy groups -OCH3 is 1. The summed E-state index contributed by atoms with van der Waals surface area (Å²) < 4.78 is 47.9. The number of esters is 1. The first kappa shape index (κ1) is 18.8. The number of ether oxygens (including phenoxy) is 2. The SMILES string of the molecule is COCCOC(=O)C1=C(C)NC(=O)N[C@@H]1c1ccc(C(F)(F)F)cc1. The van der Waals surface area contributed by atoms with Crippen LogP contribution in [0.5, 0.6) is 0 Å². The average molecular weight is 358 g/mol. The van der Waals surface area contributed by atoms with Crippen LogP contribution in [0.1, 0.15) is 24.1 Å². The summed E-state index contributed by atoms with van der Waals surface area (Å²) in [6, 6.07) is 2.75. The van der Waals surface area contributed by atoms with E-state index in [9.17, 15) is 22.8 Å². The Morgan fingerprint density at radius 3 is 2.40 bits per heavy atom. The minimum absolute atomic E-state index is 0.0137. The lowest BCUT2D eigenvalue weighted by Crippen LogP contribution is -2.45. The van der Waals surface area contributed by atoms with E-state index >= 15 is 0 Å². The van der Waals surface area contributed by atoms with Crippen molar-refractivity contribution in [1.29, 1.82) is 0 Å². The minimum Gasteiger partial charge on any atom is -0.460 e.